The number of amides is 2. The quantitative estimate of drug-likeness (QED) is 0.660. The third-order valence-corrected chi connectivity index (χ3v) is 8.62. The first-order valence-corrected chi connectivity index (χ1v) is 13.2. The number of hydrogen-bond acceptors (Lipinski definition) is 3. The Kier molecular flexibility index (Phi) is 6.47. The van der Waals surface area contributed by atoms with E-state index in [9.17, 15) is 9.59 Å². The van der Waals surface area contributed by atoms with Crippen LogP contribution in [0.3, 0.4) is 0 Å². The van der Waals surface area contributed by atoms with Gasteiger partial charge in [0, 0.05) is 45.1 Å². The molecule has 0 aromatic heterocycles. The monoisotopic (exact) mass is 473 g/mol. The first-order valence-electron chi connectivity index (χ1n) is 13.2. The highest BCUT2D eigenvalue weighted by atomic mass is 16.2. The lowest BCUT2D eigenvalue weighted by molar-refractivity contribution is -0.172. The number of nitrogens with one attached hydrogen (secondary N) is 1. The van der Waals surface area contributed by atoms with Gasteiger partial charge in [0.15, 0.2) is 0 Å². The SMILES string of the molecule is CC(=O)N1C[C@@H]2C[C@H]3CN(CC(C)C)[C@@H]([C@@H]2Cc2ccccc2)[C@]31C(=O)NCc1ccc(C)cc1. The number of aryl methyl sites for hydroxylation is 1. The molecule has 4 aliphatic rings. The first kappa shape index (κ1) is 24.1. The summed E-state index contributed by atoms with van der Waals surface area (Å²) in [6, 6.07) is 19.0. The van der Waals surface area contributed by atoms with Crippen LogP contribution in [0.1, 0.15) is 43.9 Å². The lowest BCUT2D eigenvalue weighted by Gasteiger charge is -2.61. The summed E-state index contributed by atoms with van der Waals surface area (Å²) in [7, 11) is 0. The highest BCUT2D eigenvalue weighted by Gasteiger charge is 2.71. The average molecular weight is 474 g/mol. The third-order valence-electron chi connectivity index (χ3n) is 8.62. The normalized spacial score (nSPS) is 29.6. The van der Waals surface area contributed by atoms with Crippen LogP contribution in [0.25, 0.3) is 0 Å². The van der Waals surface area contributed by atoms with Crippen molar-refractivity contribution < 1.29 is 9.59 Å². The second kappa shape index (κ2) is 9.42. The number of carbonyl (C=O) groups excluding carboxylic acids is 2. The van der Waals surface area contributed by atoms with Crippen LogP contribution < -0.4 is 5.32 Å². The summed E-state index contributed by atoms with van der Waals surface area (Å²) in [4.78, 5) is 31.9. The fraction of sp³-hybridized carbons (Fsp3) is 0.533. The molecule has 0 unspecified atom stereocenters. The van der Waals surface area contributed by atoms with Crippen molar-refractivity contribution in [2.24, 2.45) is 23.7 Å². The zero-order chi connectivity index (χ0) is 24.7. The molecule has 3 saturated heterocycles. The van der Waals surface area contributed by atoms with E-state index in [0.29, 0.717) is 30.8 Å². The van der Waals surface area contributed by atoms with Gasteiger partial charge in [0.25, 0.3) is 0 Å². The Labute approximate surface area is 209 Å². The Hall–Kier alpha value is -2.66. The van der Waals surface area contributed by atoms with E-state index >= 15 is 0 Å². The Morgan fingerprint density at radius 2 is 1.74 bits per heavy atom. The summed E-state index contributed by atoms with van der Waals surface area (Å²) in [5.74, 6) is 1.53. The molecule has 1 saturated carbocycles. The molecule has 0 radical (unpaired) electrons. The predicted molar refractivity (Wildman–Crippen MR) is 139 cm³/mol. The zero-order valence-corrected chi connectivity index (χ0v) is 21.5. The number of benzene rings is 2. The maximum Gasteiger partial charge on any atom is 0.248 e. The highest BCUT2D eigenvalue weighted by molar-refractivity contribution is 5.93. The van der Waals surface area contributed by atoms with Crippen molar-refractivity contribution in [3.8, 4) is 0 Å². The number of rotatable bonds is 7. The van der Waals surface area contributed by atoms with Crippen molar-refractivity contribution in [2.45, 2.75) is 58.7 Å². The molecule has 2 aromatic carbocycles. The lowest BCUT2D eigenvalue weighted by atomic mass is 9.57. The van der Waals surface area contributed by atoms with E-state index in [2.05, 4.69) is 85.6 Å². The second-order valence-corrected chi connectivity index (χ2v) is 11.5. The lowest BCUT2D eigenvalue weighted by Crippen LogP contribution is -2.77. The molecule has 3 aliphatic heterocycles. The van der Waals surface area contributed by atoms with Gasteiger partial charge >= 0.3 is 0 Å². The molecule has 3 heterocycles. The van der Waals surface area contributed by atoms with E-state index in [-0.39, 0.29) is 23.8 Å². The minimum absolute atomic E-state index is 0.0275. The Morgan fingerprint density at radius 3 is 2.40 bits per heavy atom. The number of carbonyl (C=O) groups is 2. The second-order valence-electron chi connectivity index (χ2n) is 11.5. The zero-order valence-electron chi connectivity index (χ0n) is 21.5. The van der Waals surface area contributed by atoms with Crippen molar-refractivity contribution in [2.75, 3.05) is 19.6 Å². The average Bonchev–Trinajstić information content (AvgIpc) is 3.09. The van der Waals surface area contributed by atoms with E-state index < -0.39 is 5.54 Å². The van der Waals surface area contributed by atoms with Gasteiger partial charge in [0.05, 0.1) is 0 Å². The molecule has 4 fully saturated rings. The molecular formula is C30H39N3O2. The Bertz CT molecular complexity index is 1070. The van der Waals surface area contributed by atoms with Gasteiger partial charge in [-0.25, -0.2) is 0 Å². The molecule has 2 aromatic rings. The van der Waals surface area contributed by atoms with Crippen molar-refractivity contribution in [3.05, 3.63) is 71.3 Å². The molecular weight excluding hydrogens is 434 g/mol. The Morgan fingerprint density at radius 1 is 1.03 bits per heavy atom. The van der Waals surface area contributed by atoms with Crippen molar-refractivity contribution >= 4 is 11.8 Å². The molecule has 5 atom stereocenters. The van der Waals surface area contributed by atoms with E-state index in [1.54, 1.807) is 6.92 Å². The summed E-state index contributed by atoms with van der Waals surface area (Å²) >= 11 is 0. The molecule has 186 valence electrons. The minimum atomic E-state index is -0.792. The summed E-state index contributed by atoms with van der Waals surface area (Å²) < 4.78 is 0. The van der Waals surface area contributed by atoms with Crippen LogP contribution in [0.15, 0.2) is 54.6 Å². The summed E-state index contributed by atoms with van der Waals surface area (Å²) in [5, 5.41) is 3.29. The van der Waals surface area contributed by atoms with Crippen LogP contribution in [0.5, 0.6) is 0 Å². The maximum atomic E-state index is 14.3. The first-order chi connectivity index (χ1) is 16.8. The van der Waals surface area contributed by atoms with E-state index in [4.69, 9.17) is 0 Å². The van der Waals surface area contributed by atoms with Crippen molar-refractivity contribution in [3.63, 3.8) is 0 Å². The van der Waals surface area contributed by atoms with E-state index in [1.807, 2.05) is 4.90 Å². The molecule has 5 heteroatoms. The van der Waals surface area contributed by atoms with E-state index in [1.165, 1.54) is 11.1 Å². The van der Waals surface area contributed by atoms with Gasteiger partial charge < -0.3 is 10.2 Å². The van der Waals surface area contributed by atoms with Gasteiger partial charge in [0.2, 0.25) is 11.8 Å². The number of hydrogen-bond donors (Lipinski definition) is 1. The van der Waals surface area contributed by atoms with Crippen LogP contribution in [-0.2, 0) is 22.6 Å². The molecule has 1 aliphatic carbocycles. The number of likely N-dealkylation sites (tertiary alicyclic amines) is 1. The van der Waals surface area contributed by atoms with Crippen LogP contribution in [-0.4, -0.2) is 52.8 Å². The van der Waals surface area contributed by atoms with Gasteiger partial charge in [-0.05, 0) is 48.6 Å². The maximum absolute atomic E-state index is 14.3. The number of piperidine rings is 2. The van der Waals surface area contributed by atoms with Gasteiger partial charge in [-0.1, -0.05) is 74.0 Å². The fourth-order valence-electron chi connectivity index (χ4n) is 7.36. The standard InChI is InChI=1S/C30H39N3O2/c1-20(2)17-32-19-26-15-25-18-33(22(4)34)30(26,28(32)27(25)14-23-8-6-5-7-9-23)29(35)31-16-24-12-10-21(3)11-13-24/h5-13,20,25-28H,14-19H2,1-4H3,(H,31,35)/t25-,26-,27+,28-,30-/m0/s1. The van der Waals surface area contributed by atoms with Crippen LogP contribution in [0.4, 0.5) is 0 Å². The fourth-order valence-corrected chi connectivity index (χ4v) is 7.36. The van der Waals surface area contributed by atoms with Gasteiger partial charge in [-0.3, -0.25) is 14.5 Å². The highest BCUT2D eigenvalue weighted by Crippen LogP contribution is 2.57. The summed E-state index contributed by atoms with van der Waals surface area (Å²) in [5.41, 5.74) is 2.83. The minimum Gasteiger partial charge on any atom is -0.350 e. The molecule has 35 heavy (non-hydrogen) atoms. The molecule has 4 bridgehead atoms. The molecule has 6 rings (SSSR count). The Balaban J connectivity index is 1.52. The van der Waals surface area contributed by atoms with E-state index in [0.717, 1.165) is 31.5 Å². The number of fused-ring (bicyclic) bond motifs is 1. The van der Waals surface area contributed by atoms with Crippen LogP contribution >= 0.6 is 0 Å². The van der Waals surface area contributed by atoms with Crippen LogP contribution in [0.2, 0.25) is 0 Å². The van der Waals surface area contributed by atoms with Crippen molar-refractivity contribution in [1.82, 2.24) is 15.1 Å². The topological polar surface area (TPSA) is 52.7 Å². The van der Waals surface area contributed by atoms with Gasteiger partial charge in [0.1, 0.15) is 5.54 Å². The molecule has 1 N–H and O–H groups in total. The summed E-state index contributed by atoms with van der Waals surface area (Å²) in [6.07, 6.45) is 1.97. The van der Waals surface area contributed by atoms with Crippen LogP contribution in [0, 0.1) is 30.6 Å². The largest absolute Gasteiger partial charge is 0.350 e. The third kappa shape index (κ3) is 4.18. The smallest absolute Gasteiger partial charge is 0.248 e. The number of nitrogens with zero attached hydrogens (tertiary/aromatic N) is 2. The predicted octanol–water partition coefficient (Wildman–Crippen LogP) is 4.05. The molecule has 2 amide bonds. The van der Waals surface area contributed by atoms with Gasteiger partial charge in [-0.2, -0.15) is 0 Å². The van der Waals surface area contributed by atoms with Crippen molar-refractivity contribution in [1.29, 1.82) is 0 Å². The molecule has 0 spiro atoms. The van der Waals surface area contributed by atoms with Gasteiger partial charge in [-0.15, -0.1) is 0 Å². The molecule has 5 nitrogen and oxygen atoms in total. The summed E-state index contributed by atoms with van der Waals surface area (Å²) in [6.45, 7) is 11.2.